The Balaban J connectivity index is 1.90. The third kappa shape index (κ3) is 3.85. The lowest BCUT2D eigenvalue weighted by atomic mass is 10.3. The van der Waals surface area contributed by atoms with Crippen LogP contribution in [0.1, 0.15) is 10.7 Å². The average molecular weight is 278 g/mol. The monoisotopic (exact) mass is 278 g/mol. The normalized spacial score (nSPS) is 10.3. The summed E-state index contributed by atoms with van der Waals surface area (Å²) in [4.78, 5) is 16.2. The van der Waals surface area contributed by atoms with Crippen molar-refractivity contribution in [3.63, 3.8) is 0 Å². The van der Waals surface area contributed by atoms with Crippen LogP contribution in [0.5, 0.6) is 0 Å². The summed E-state index contributed by atoms with van der Waals surface area (Å²) < 4.78 is 0. The van der Waals surface area contributed by atoms with Gasteiger partial charge in [-0.1, -0.05) is 18.2 Å². The molecule has 0 bridgehead atoms. The number of thiazole rings is 1. The molecule has 0 saturated carbocycles. The molecule has 1 N–H and O–H groups in total. The number of hydrogen-bond acceptors (Lipinski definition) is 4. The molecular formula is C13H14N2OS2. The SMILES string of the molecule is CSCc1csc(CC(=O)Nc2ccccc2)n1. The predicted molar refractivity (Wildman–Crippen MR) is 78.1 cm³/mol. The first-order valence-corrected chi connectivity index (χ1v) is 7.82. The zero-order valence-electron chi connectivity index (χ0n) is 10.1. The topological polar surface area (TPSA) is 42.0 Å². The lowest BCUT2D eigenvalue weighted by Crippen LogP contribution is -2.14. The van der Waals surface area contributed by atoms with Gasteiger partial charge in [-0.2, -0.15) is 11.8 Å². The maximum atomic E-state index is 11.8. The highest BCUT2D eigenvalue weighted by molar-refractivity contribution is 7.97. The molecule has 94 valence electrons. The van der Waals surface area contributed by atoms with Gasteiger partial charge < -0.3 is 5.32 Å². The summed E-state index contributed by atoms with van der Waals surface area (Å²) in [5.74, 6) is 0.878. The highest BCUT2D eigenvalue weighted by Gasteiger charge is 2.08. The molecular weight excluding hydrogens is 264 g/mol. The van der Waals surface area contributed by atoms with Gasteiger partial charge in [0.1, 0.15) is 5.01 Å². The Morgan fingerprint density at radius 3 is 2.89 bits per heavy atom. The molecule has 0 aliphatic heterocycles. The molecule has 0 atom stereocenters. The fraction of sp³-hybridized carbons (Fsp3) is 0.231. The van der Waals surface area contributed by atoms with Crippen LogP contribution in [0.25, 0.3) is 0 Å². The summed E-state index contributed by atoms with van der Waals surface area (Å²) in [7, 11) is 0. The van der Waals surface area contributed by atoms with Gasteiger partial charge in [0.15, 0.2) is 0 Å². The van der Waals surface area contributed by atoms with E-state index >= 15 is 0 Å². The van der Waals surface area contributed by atoms with E-state index < -0.39 is 0 Å². The van der Waals surface area contributed by atoms with E-state index in [1.54, 1.807) is 23.1 Å². The minimum atomic E-state index is -0.0220. The Morgan fingerprint density at radius 2 is 2.17 bits per heavy atom. The third-order valence-electron chi connectivity index (χ3n) is 2.26. The first-order valence-electron chi connectivity index (χ1n) is 5.55. The van der Waals surface area contributed by atoms with Crippen molar-refractivity contribution in [2.24, 2.45) is 0 Å². The van der Waals surface area contributed by atoms with Crippen molar-refractivity contribution in [1.29, 1.82) is 0 Å². The van der Waals surface area contributed by atoms with Crippen molar-refractivity contribution in [3.05, 3.63) is 46.4 Å². The van der Waals surface area contributed by atoms with Crippen LogP contribution in [0.4, 0.5) is 5.69 Å². The highest BCUT2D eigenvalue weighted by Crippen LogP contribution is 2.15. The summed E-state index contributed by atoms with van der Waals surface area (Å²) >= 11 is 3.28. The van der Waals surface area contributed by atoms with Crippen LogP contribution in [-0.4, -0.2) is 17.1 Å². The summed E-state index contributed by atoms with van der Waals surface area (Å²) in [6.45, 7) is 0. The minimum Gasteiger partial charge on any atom is -0.326 e. The molecule has 2 aromatic rings. The number of thioether (sulfide) groups is 1. The molecule has 1 amide bonds. The Labute approximate surface area is 115 Å². The van der Waals surface area contributed by atoms with Crippen LogP contribution in [-0.2, 0) is 17.0 Å². The van der Waals surface area contributed by atoms with Crippen LogP contribution in [0, 0.1) is 0 Å². The quantitative estimate of drug-likeness (QED) is 0.913. The number of carbonyl (C=O) groups excluding carboxylic acids is 1. The van der Waals surface area contributed by atoms with Crippen LogP contribution in [0.15, 0.2) is 35.7 Å². The molecule has 5 heteroatoms. The maximum Gasteiger partial charge on any atom is 0.231 e. The van der Waals surface area contributed by atoms with Crippen molar-refractivity contribution in [3.8, 4) is 0 Å². The second kappa shape index (κ2) is 6.56. The number of aromatic nitrogens is 1. The number of rotatable bonds is 5. The molecule has 0 fully saturated rings. The van der Waals surface area contributed by atoms with Gasteiger partial charge in [-0.25, -0.2) is 4.98 Å². The van der Waals surface area contributed by atoms with E-state index in [1.165, 1.54) is 0 Å². The number of hydrogen-bond donors (Lipinski definition) is 1. The van der Waals surface area contributed by atoms with E-state index in [2.05, 4.69) is 10.3 Å². The number of nitrogens with one attached hydrogen (secondary N) is 1. The van der Waals surface area contributed by atoms with Gasteiger partial charge in [-0.05, 0) is 18.4 Å². The van der Waals surface area contributed by atoms with Crippen LogP contribution in [0.3, 0.4) is 0 Å². The molecule has 18 heavy (non-hydrogen) atoms. The molecule has 0 saturated heterocycles. The van der Waals surface area contributed by atoms with Gasteiger partial charge in [-0.3, -0.25) is 4.79 Å². The van der Waals surface area contributed by atoms with Gasteiger partial charge in [0.2, 0.25) is 5.91 Å². The molecule has 3 nitrogen and oxygen atoms in total. The molecule has 0 aliphatic carbocycles. The lowest BCUT2D eigenvalue weighted by Gasteiger charge is -2.02. The van der Waals surface area contributed by atoms with Gasteiger partial charge in [0, 0.05) is 16.8 Å². The van der Waals surface area contributed by atoms with Crippen molar-refractivity contribution in [2.45, 2.75) is 12.2 Å². The lowest BCUT2D eigenvalue weighted by molar-refractivity contribution is -0.115. The zero-order valence-corrected chi connectivity index (χ0v) is 11.7. The summed E-state index contributed by atoms with van der Waals surface area (Å²) in [5, 5.41) is 5.74. The minimum absolute atomic E-state index is 0.0220. The Morgan fingerprint density at radius 1 is 1.39 bits per heavy atom. The standard InChI is InChI=1S/C13H14N2OS2/c1-17-8-11-9-18-13(15-11)7-12(16)14-10-5-3-2-4-6-10/h2-6,9H,7-8H2,1H3,(H,14,16). The van der Waals surface area contributed by atoms with E-state index in [0.29, 0.717) is 6.42 Å². The summed E-state index contributed by atoms with van der Waals surface area (Å²) in [6, 6.07) is 9.47. The second-order valence-corrected chi connectivity index (χ2v) is 5.57. The van der Waals surface area contributed by atoms with Gasteiger partial charge >= 0.3 is 0 Å². The smallest absolute Gasteiger partial charge is 0.231 e. The molecule has 1 aromatic heterocycles. The van der Waals surface area contributed by atoms with E-state index in [-0.39, 0.29) is 5.91 Å². The molecule has 0 radical (unpaired) electrons. The second-order valence-electron chi connectivity index (χ2n) is 3.76. The molecule has 0 aliphatic rings. The zero-order chi connectivity index (χ0) is 12.8. The van der Waals surface area contributed by atoms with Crippen molar-refractivity contribution >= 4 is 34.7 Å². The number of benzene rings is 1. The van der Waals surface area contributed by atoms with Crippen molar-refractivity contribution in [2.75, 3.05) is 11.6 Å². The van der Waals surface area contributed by atoms with Crippen molar-refractivity contribution in [1.82, 2.24) is 4.98 Å². The molecule has 1 heterocycles. The maximum absolute atomic E-state index is 11.8. The average Bonchev–Trinajstić information content (AvgIpc) is 2.78. The van der Waals surface area contributed by atoms with E-state index in [9.17, 15) is 4.79 Å². The van der Waals surface area contributed by atoms with Crippen LogP contribution < -0.4 is 5.32 Å². The van der Waals surface area contributed by atoms with Crippen molar-refractivity contribution < 1.29 is 4.79 Å². The number of amides is 1. The molecule has 0 spiro atoms. The fourth-order valence-corrected chi connectivity index (χ4v) is 2.85. The summed E-state index contributed by atoms with van der Waals surface area (Å²) in [5.41, 5.74) is 1.87. The van der Waals surface area contributed by atoms with E-state index in [1.807, 2.05) is 42.0 Å². The Kier molecular flexibility index (Phi) is 4.78. The third-order valence-corrected chi connectivity index (χ3v) is 3.74. The number of para-hydroxylation sites is 1. The Hall–Kier alpha value is -1.33. The van der Waals surface area contributed by atoms with Gasteiger partial charge in [0.25, 0.3) is 0 Å². The predicted octanol–water partition coefficient (Wildman–Crippen LogP) is 3.19. The number of anilines is 1. The largest absolute Gasteiger partial charge is 0.326 e. The van der Waals surface area contributed by atoms with E-state index in [0.717, 1.165) is 22.1 Å². The fourth-order valence-electron chi connectivity index (χ4n) is 1.51. The first kappa shape index (κ1) is 13.1. The summed E-state index contributed by atoms with van der Waals surface area (Å²) in [6.07, 6.45) is 2.38. The van der Waals surface area contributed by atoms with Crippen LogP contribution in [0.2, 0.25) is 0 Å². The highest BCUT2D eigenvalue weighted by atomic mass is 32.2. The van der Waals surface area contributed by atoms with Gasteiger partial charge in [0.05, 0.1) is 12.1 Å². The van der Waals surface area contributed by atoms with Gasteiger partial charge in [-0.15, -0.1) is 11.3 Å². The van der Waals surface area contributed by atoms with E-state index in [4.69, 9.17) is 0 Å². The molecule has 0 unspecified atom stereocenters. The molecule has 2 rings (SSSR count). The van der Waals surface area contributed by atoms with Crippen LogP contribution >= 0.6 is 23.1 Å². The first-order chi connectivity index (χ1) is 8.78. The number of carbonyl (C=O) groups is 1. The number of nitrogens with zero attached hydrogens (tertiary/aromatic N) is 1. The Bertz CT molecular complexity index is 511. The molecule has 1 aromatic carbocycles.